The quantitative estimate of drug-likeness (QED) is 0.509. The van der Waals surface area contributed by atoms with Crippen molar-refractivity contribution in [2.75, 3.05) is 12.1 Å². The van der Waals surface area contributed by atoms with Crippen LogP contribution < -0.4 is 5.01 Å². The molecule has 0 saturated carbocycles. The average Bonchev–Trinajstić information content (AvgIpc) is 3.29. The van der Waals surface area contributed by atoms with Crippen molar-refractivity contribution in [1.82, 2.24) is 0 Å². The predicted molar refractivity (Wildman–Crippen MR) is 109 cm³/mol. The minimum Gasteiger partial charge on any atom is -0.467 e. The maximum absolute atomic E-state index is 14.7. The number of furan rings is 1. The minimum absolute atomic E-state index is 0.0760. The van der Waals surface area contributed by atoms with Crippen molar-refractivity contribution >= 4 is 29.0 Å². The molecule has 1 aromatic heterocycles. The third kappa shape index (κ3) is 3.46. The van der Waals surface area contributed by atoms with Crippen LogP contribution in [0.3, 0.4) is 0 Å². The van der Waals surface area contributed by atoms with Gasteiger partial charge in [-0.2, -0.15) is 5.10 Å². The molecule has 31 heavy (non-hydrogen) atoms. The standard InChI is InChI=1S/C22H16ClF3N2O3/c1-22(21(29)30-2)19(17-9-10-18(23)31-17)20(12-3-5-13(24)6-4-12)27-28(22)16-8-7-14(25)11-15(16)26/h3-11,19H,1-2H3. The zero-order valence-electron chi connectivity index (χ0n) is 16.4. The van der Waals surface area contributed by atoms with Gasteiger partial charge in [0.05, 0.1) is 24.4 Å². The first-order valence-electron chi connectivity index (χ1n) is 9.19. The SMILES string of the molecule is COC(=O)C1(C)C(c2ccc(Cl)o2)C(c2ccc(F)cc2)=NN1c1ccc(F)cc1F. The van der Waals surface area contributed by atoms with Crippen LogP contribution in [0.4, 0.5) is 18.9 Å². The lowest BCUT2D eigenvalue weighted by Crippen LogP contribution is -2.52. The number of hydrogen-bond donors (Lipinski definition) is 0. The van der Waals surface area contributed by atoms with Gasteiger partial charge in [-0.15, -0.1) is 0 Å². The van der Waals surface area contributed by atoms with Gasteiger partial charge in [-0.25, -0.2) is 23.0 Å². The third-order valence-corrected chi connectivity index (χ3v) is 5.44. The summed E-state index contributed by atoms with van der Waals surface area (Å²) in [6, 6.07) is 11.4. The van der Waals surface area contributed by atoms with Crippen molar-refractivity contribution in [3.05, 3.63) is 88.6 Å². The van der Waals surface area contributed by atoms with Crippen LogP contribution in [0.5, 0.6) is 0 Å². The molecule has 9 heteroatoms. The van der Waals surface area contributed by atoms with Crippen LogP contribution in [-0.2, 0) is 9.53 Å². The number of hydrazone groups is 1. The molecule has 2 unspecified atom stereocenters. The molecular weight excluding hydrogens is 433 g/mol. The highest BCUT2D eigenvalue weighted by Crippen LogP contribution is 2.46. The summed E-state index contributed by atoms with van der Waals surface area (Å²) < 4.78 is 52.4. The van der Waals surface area contributed by atoms with Gasteiger partial charge in [-0.3, -0.25) is 0 Å². The largest absolute Gasteiger partial charge is 0.467 e. The van der Waals surface area contributed by atoms with E-state index < -0.39 is 34.9 Å². The molecule has 160 valence electrons. The smallest absolute Gasteiger partial charge is 0.334 e. The van der Waals surface area contributed by atoms with E-state index in [0.717, 1.165) is 11.1 Å². The summed E-state index contributed by atoms with van der Waals surface area (Å²) in [4.78, 5) is 13.1. The van der Waals surface area contributed by atoms with Crippen LogP contribution in [0.1, 0.15) is 24.2 Å². The number of hydrogen-bond acceptors (Lipinski definition) is 5. The van der Waals surface area contributed by atoms with Crippen LogP contribution in [0.15, 0.2) is 64.1 Å². The lowest BCUT2D eigenvalue weighted by molar-refractivity contribution is -0.146. The van der Waals surface area contributed by atoms with Crippen molar-refractivity contribution in [2.45, 2.75) is 18.4 Å². The number of anilines is 1. The number of methoxy groups -OCH3 is 1. The van der Waals surface area contributed by atoms with Gasteiger partial charge in [0.2, 0.25) is 0 Å². The molecule has 4 rings (SSSR count). The normalized spacial score (nSPS) is 20.6. The third-order valence-electron chi connectivity index (χ3n) is 5.24. The summed E-state index contributed by atoms with van der Waals surface area (Å²) in [5, 5.41) is 5.71. The maximum atomic E-state index is 14.7. The Labute approximate surface area is 180 Å². The van der Waals surface area contributed by atoms with Crippen LogP contribution in [0.2, 0.25) is 5.22 Å². The van der Waals surface area contributed by atoms with Gasteiger partial charge in [0.15, 0.2) is 16.6 Å². The first kappa shape index (κ1) is 21.0. The first-order valence-corrected chi connectivity index (χ1v) is 9.57. The first-order chi connectivity index (χ1) is 14.8. The number of carbonyl (C=O) groups is 1. The Morgan fingerprint density at radius 1 is 1.10 bits per heavy atom. The number of carbonyl (C=O) groups excluding carboxylic acids is 1. The zero-order valence-corrected chi connectivity index (χ0v) is 17.2. The summed E-state index contributed by atoms with van der Waals surface area (Å²) in [6.45, 7) is 1.50. The number of halogens is 4. The van der Waals surface area contributed by atoms with Gasteiger partial charge in [0.1, 0.15) is 17.4 Å². The van der Waals surface area contributed by atoms with Crippen molar-refractivity contribution in [2.24, 2.45) is 5.10 Å². The molecule has 0 N–H and O–H groups in total. The number of rotatable bonds is 4. The van der Waals surface area contributed by atoms with Gasteiger partial charge in [-0.05, 0) is 60.5 Å². The van der Waals surface area contributed by atoms with E-state index in [0.29, 0.717) is 17.3 Å². The lowest BCUT2D eigenvalue weighted by atomic mass is 9.79. The number of esters is 1. The number of ether oxygens (including phenoxy) is 1. The highest BCUT2D eigenvalue weighted by atomic mass is 35.5. The second kappa shape index (κ2) is 7.77. The van der Waals surface area contributed by atoms with E-state index in [2.05, 4.69) is 5.10 Å². The molecule has 0 aliphatic carbocycles. The molecule has 1 aliphatic rings. The molecule has 5 nitrogen and oxygen atoms in total. The molecule has 2 heterocycles. The van der Waals surface area contributed by atoms with Crippen LogP contribution in [0.25, 0.3) is 0 Å². The monoisotopic (exact) mass is 448 g/mol. The topological polar surface area (TPSA) is 55.0 Å². The minimum atomic E-state index is -1.63. The fraction of sp³-hybridized carbons (Fsp3) is 0.182. The lowest BCUT2D eigenvalue weighted by Gasteiger charge is -2.35. The Bertz CT molecular complexity index is 1180. The van der Waals surface area contributed by atoms with E-state index in [-0.39, 0.29) is 16.7 Å². The summed E-state index contributed by atoms with van der Waals surface area (Å²) in [7, 11) is 1.19. The molecule has 0 amide bonds. The molecule has 1 aliphatic heterocycles. The predicted octanol–water partition coefficient (Wildman–Crippen LogP) is 5.29. The summed E-state index contributed by atoms with van der Waals surface area (Å²) in [6.07, 6.45) is 0. The molecule has 0 radical (unpaired) electrons. The fourth-order valence-electron chi connectivity index (χ4n) is 3.77. The summed E-state index contributed by atoms with van der Waals surface area (Å²) in [5.74, 6) is -3.53. The van der Waals surface area contributed by atoms with Gasteiger partial charge < -0.3 is 9.15 Å². The van der Waals surface area contributed by atoms with Crippen LogP contribution in [-0.4, -0.2) is 24.3 Å². The molecule has 2 aromatic carbocycles. The number of benzene rings is 2. The Hall–Kier alpha value is -3.26. The van der Waals surface area contributed by atoms with E-state index >= 15 is 0 Å². The fourth-order valence-corrected chi connectivity index (χ4v) is 3.92. The molecule has 2 atom stereocenters. The van der Waals surface area contributed by atoms with Gasteiger partial charge in [0, 0.05) is 6.07 Å². The van der Waals surface area contributed by atoms with Crippen LogP contribution >= 0.6 is 11.6 Å². The van der Waals surface area contributed by atoms with Gasteiger partial charge >= 0.3 is 5.97 Å². The Balaban J connectivity index is 1.98. The molecule has 0 spiro atoms. The molecule has 0 bridgehead atoms. The van der Waals surface area contributed by atoms with Crippen molar-refractivity contribution < 1.29 is 27.1 Å². The highest BCUT2D eigenvalue weighted by Gasteiger charge is 2.57. The second-order valence-corrected chi connectivity index (χ2v) is 7.49. The molecule has 0 fully saturated rings. The van der Waals surface area contributed by atoms with Gasteiger partial charge in [0.25, 0.3) is 0 Å². The Kier molecular flexibility index (Phi) is 5.26. The average molecular weight is 449 g/mol. The van der Waals surface area contributed by atoms with E-state index in [4.69, 9.17) is 20.8 Å². The zero-order chi connectivity index (χ0) is 22.3. The van der Waals surface area contributed by atoms with Crippen LogP contribution in [0, 0.1) is 17.5 Å². The van der Waals surface area contributed by atoms with Crippen molar-refractivity contribution in [1.29, 1.82) is 0 Å². The van der Waals surface area contributed by atoms with Crippen molar-refractivity contribution in [3.8, 4) is 0 Å². The second-order valence-electron chi connectivity index (χ2n) is 7.11. The van der Waals surface area contributed by atoms with Crippen molar-refractivity contribution in [3.63, 3.8) is 0 Å². The summed E-state index contributed by atoms with van der Waals surface area (Å²) in [5.41, 5.74) is -1.01. The Morgan fingerprint density at radius 2 is 1.77 bits per heavy atom. The summed E-state index contributed by atoms with van der Waals surface area (Å²) >= 11 is 5.97. The van der Waals surface area contributed by atoms with E-state index in [9.17, 15) is 18.0 Å². The molecule has 0 saturated heterocycles. The highest BCUT2D eigenvalue weighted by molar-refractivity contribution is 6.28. The maximum Gasteiger partial charge on any atom is 0.334 e. The van der Waals surface area contributed by atoms with E-state index in [1.807, 2.05) is 0 Å². The van der Waals surface area contributed by atoms with E-state index in [1.54, 1.807) is 6.07 Å². The molecule has 3 aromatic rings. The Morgan fingerprint density at radius 3 is 2.35 bits per heavy atom. The molecular formula is C22H16ClF3N2O3. The number of nitrogens with zero attached hydrogens (tertiary/aromatic N) is 2. The van der Waals surface area contributed by atoms with E-state index in [1.165, 1.54) is 50.4 Å². The van der Waals surface area contributed by atoms with Gasteiger partial charge in [-0.1, -0.05) is 12.1 Å².